The molecule has 0 bridgehead atoms. The van der Waals surface area contributed by atoms with Gasteiger partial charge in [-0.1, -0.05) is 50.7 Å². The van der Waals surface area contributed by atoms with Crippen molar-refractivity contribution in [2.45, 2.75) is 33.1 Å². The van der Waals surface area contributed by atoms with Crippen molar-refractivity contribution in [1.82, 2.24) is 0 Å². The Balaban J connectivity index is 1.95. The third-order valence-corrected chi connectivity index (χ3v) is 6.23. The number of esters is 1. The van der Waals surface area contributed by atoms with E-state index in [-0.39, 0.29) is 28.4 Å². The molecular weight excluding hydrogens is 418 g/mol. The zero-order valence-corrected chi connectivity index (χ0v) is 18.9. The fourth-order valence-corrected chi connectivity index (χ4v) is 4.50. The molecule has 0 saturated carbocycles. The number of benzene rings is 1. The molecule has 0 unspecified atom stereocenters. The number of hydrogen-bond acceptors (Lipinski definition) is 6. The quantitative estimate of drug-likeness (QED) is 0.612. The SMILES string of the molecule is CCOC(=O)C1=C(O)C(=Cc2cccs2)SC1=NC(=O)c1ccc(C(C)(C)C)cc1. The predicted molar refractivity (Wildman–Crippen MR) is 123 cm³/mol. The second kappa shape index (κ2) is 9.02. The molecular formula is C23H23NO4S2. The van der Waals surface area contributed by atoms with Gasteiger partial charge in [0.1, 0.15) is 16.4 Å². The van der Waals surface area contributed by atoms with Crippen molar-refractivity contribution in [2.75, 3.05) is 6.61 Å². The number of ether oxygens (including phenoxy) is 1. The van der Waals surface area contributed by atoms with Crippen LogP contribution in [0.4, 0.5) is 0 Å². The Morgan fingerprint density at radius 3 is 2.43 bits per heavy atom. The average Bonchev–Trinajstić information content (AvgIpc) is 3.30. The van der Waals surface area contributed by atoms with Crippen molar-refractivity contribution in [3.63, 3.8) is 0 Å². The molecule has 1 aliphatic heterocycles. The van der Waals surface area contributed by atoms with Gasteiger partial charge in [-0.3, -0.25) is 4.79 Å². The summed E-state index contributed by atoms with van der Waals surface area (Å²) in [7, 11) is 0. The first kappa shape index (κ1) is 22.1. The lowest BCUT2D eigenvalue weighted by Gasteiger charge is -2.18. The van der Waals surface area contributed by atoms with Crippen LogP contribution < -0.4 is 0 Å². The van der Waals surface area contributed by atoms with Crippen LogP contribution in [0.2, 0.25) is 0 Å². The van der Waals surface area contributed by atoms with Gasteiger partial charge >= 0.3 is 5.97 Å². The summed E-state index contributed by atoms with van der Waals surface area (Å²) in [4.78, 5) is 30.7. The number of amides is 1. The van der Waals surface area contributed by atoms with Gasteiger partial charge in [0.2, 0.25) is 0 Å². The van der Waals surface area contributed by atoms with Gasteiger partial charge < -0.3 is 9.84 Å². The number of thiophene rings is 1. The largest absolute Gasteiger partial charge is 0.506 e. The Hall–Kier alpha value is -2.64. The minimum absolute atomic E-state index is 0.0259. The highest BCUT2D eigenvalue weighted by molar-refractivity contribution is 8.18. The van der Waals surface area contributed by atoms with Gasteiger partial charge in [-0.25, -0.2) is 9.79 Å². The number of carbonyl (C=O) groups excluding carboxylic acids is 2. The Bertz CT molecular complexity index is 1040. The molecule has 1 N–H and O–H groups in total. The van der Waals surface area contributed by atoms with E-state index in [0.717, 1.165) is 22.2 Å². The van der Waals surface area contributed by atoms with Gasteiger partial charge in [-0.2, -0.15) is 0 Å². The lowest BCUT2D eigenvalue weighted by molar-refractivity contribution is -0.138. The van der Waals surface area contributed by atoms with E-state index in [0.29, 0.717) is 10.5 Å². The van der Waals surface area contributed by atoms with Crippen LogP contribution in [0.1, 0.15) is 48.5 Å². The third-order valence-electron chi connectivity index (χ3n) is 4.39. The number of thioether (sulfide) groups is 1. The van der Waals surface area contributed by atoms with Crippen LogP contribution in [0.3, 0.4) is 0 Å². The fourth-order valence-electron chi connectivity index (χ4n) is 2.76. The highest BCUT2D eigenvalue weighted by Crippen LogP contribution is 2.39. The van der Waals surface area contributed by atoms with Crippen LogP contribution in [0.5, 0.6) is 0 Å². The first-order valence-corrected chi connectivity index (χ1v) is 11.2. The molecule has 0 atom stereocenters. The van der Waals surface area contributed by atoms with Crippen LogP contribution in [0.15, 0.2) is 63.0 Å². The van der Waals surface area contributed by atoms with E-state index in [1.807, 2.05) is 29.6 Å². The summed E-state index contributed by atoms with van der Waals surface area (Å²) < 4.78 is 5.06. The van der Waals surface area contributed by atoms with Crippen LogP contribution in [0.25, 0.3) is 6.08 Å². The standard InChI is InChI=1S/C23H23NO4S2/c1-5-28-22(27)18-19(25)17(13-16-7-6-12-29-16)30-21(18)24-20(26)14-8-10-15(11-9-14)23(2,3)4/h6-13,25H,5H2,1-4H3. The number of hydrogen-bond donors (Lipinski definition) is 1. The molecule has 0 fully saturated rings. The highest BCUT2D eigenvalue weighted by Gasteiger charge is 2.34. The van der Waals surface area contributed by atoms with Crippen LogP contribution in [-0.4, -0.2) is 28.6 Å². The number of aliphatic imine (C=N–C) groups is 1. The summed E-state index contributed by atoms with van der Waals surface area (Å²) >= 11 is 2.58. The van der Waals surface area contributed by atoms with Gasteiger partial charge in [-0.05, 0) is 47.6 Å². The van der Waals surface area contributed by atoms with Crippen molar-refractivity contribution in [2.24, 2.45) is 4.99 Å². The number of carbonyl (C=O) groups is 2. The van der Waals surface area contributed by atoms with E-state index < -0.39 is 11.9 Å². The molecule has 2 heterocycles. The number of aliphatic hydroxyl groups is 1. The van der Waals surface area contributed by atoms with Crippen molar-refractivity contribution in [3.05, 3.63) is 74.0 Å². The lowest BCUT2D eigenvalue weighted by Crippen LogP contribution is -2.14. The van der Waals surface area contributed by atoms with Crippen molar-refractivity contribution >= 4 is 46.1 Å². The zero-order valence-electron chi connectivity index (χ0n) is 17.3. The smallest absolute Gasteiger partial charge is 0.344 e. The van der Waals surface area contributed by atoms with Crippen LogP contribution in [0, 0.1) is 0 Å². The molecule has 156 valence electrons. The van der Waals surface area contributed by atoms with Gasteiger partial charge in [-0.15, -0.1) is 11.3 Å². The summed E-state index contributed by atoms with van der Waals surface area (Å²) in [6.45, 7) is 8.12. The van der Waals surface area contributed by atoms with E-state index in [1.54, 1.807) is 25.1 Å². The van der Waals surface area contributed by atoms with E-state index in [9.17, 15) is 14.7 Å². The van der Waals surface area contributed by atoms with Crippen LogP contribution in [-0.2, 0) is 14.9 Å². The maximum atomic E-state index is 12.7. The topological polar surface area (TPSA) is 76.0 Å². The zero-order chi connectivity index (χ0) is 21.9. The summed E-state index contributed by atoms with van der Waals surface area (Å²) in [5.74, 6) is -1.40. The van der Waals surface area contributed by atoms with Gasteiger partial charge in [0, 0.05) is 10.4 Å². The van der Waals surface area contributed by atoms with Gasteiger partial charge in [0.05, 0.1) is 11.5 Å². The molecule has 0 radical (unpaired) electrons. The van der Waals surface area contributed by atoms with Crippen molar-refractivity contribution in [1.29, 1.82) is 0 Å². The molecule has 30 heavy (non-hydrogen) atoms. The molecule has 5 nitrogen and oxygen atoms in total. The molecule has 7 heteroatoms. The molecule has 0 spiro atoms. The Morgan fingerprint density at radius 1 is 1.17 bits per heavy atom. The Morgan fingerprint density at radius 2 is 1.87 bits per heavy atom. The average molecular weight is 442 g/mol. The summed E-state index contributed by atoms with van der Waals surface area (Å²) in [5, 5.41) is 12.7. The first-order chi connectivity index (χ1) is 14.2. The molecule has 0 aliphatic carbocycles. The minimum Gasteiger partial charge on any atom is -0.506 e. The van der Waals surface area contributed by atoms with Crippen molar-refractivity contribution in [3.8, 4) is 0 Å². The molecule has 1 aromatic carbocycles. The second-order valence-corrected chi connectivity index (χ2v) is 9.63. The monoisotopic (exact) mass is 441 g/mol. The van der Waals surface area contributed by atoms with Crippen LogP contribution >= 0.6 is 23.1 Å². The molecule has 3 rings (SSSR count). The molecule has 1 aliphatic rings. The fraction of sp³-hybridized carbons (Fsp3) is 0.261. The van der Waals surface area contributed by atoms with E-state index in [1.165, 1.54) is 11.3 Å². The van der Waals surface area contributed by atoms with E-state index >= 15 is 0 Å². The van der Waals surface area contributed by atoms with E-state index in [2.05, 4.69) is 25.8 Å². The summed E-state index contributed by atoms with van der Waals surface area (Å²) in [6, 6.07) is 11.0. The molecule has 2 aromatic rings. The number of rotatable bonds is 4. The van der Waals surface area contributed by atoms with Crippen molar-refractivity contribution < 1.29 is 19.4 Å². The maximum absolute atomic E-state index is 12.7. The first-order valence-electron chi connectivity index (χ1n) is 9.48. The Labute approximate surface area is 184 Å². The minimum atomic E-state index is -0.702. The number of aliphatic hydroxyl groups excluding tert-OH is 1. The molecule has 0 saturated heterocycles. The Kier molecular flexibility index (Phi) is 6.63. The normalized spacial score (nSPS) is 17.1. The third kappa shape index (κ3) is 4.91. The maximum Gasteiger partial charge on any atom is 0.344 e. The van der Waals surface area contributed by atoms with Gasteiger partial charge in [0.25, 0.3) is 5.91 Å². The highest BCUT2D eigenvalue weighted by atomic mass is 32.2. The summed E-state index contributed by atoms with van der Waals surface area (Å²) in [6.07, 6.45) is 1.76. The summed E-state index contributed by atoms with van der Waals surface area (Å²) in [5.41, 5.74) is 1.41. The van der Waals surface area contributed by atoms with E-state index in [4.69, 9.17) is 4.74 Å². The number of nitrogens with zero attached hydrogens (tertiary/aromatic N) is 1. The predicted octanol–water partition coefficient (Wildman–Crippen LogP) is 5.75. The molecule has 1 amide bonds. The second-order valence-electron chi connectivity index (χ2n) is 7.62. The lowest BCUT2D eigenvalue weighted by atomic mass is 9.87. The van der Waals surface area contributed by atoms with Gasteiger partial charge in [0.15, 0.2) is 0 Å². The molecule has 1 aromatic heterocycles.